The van der Waals surface area contributed by atoms with Crippen molar-refractivity contribution in [3.63, 3.8) is 0 Å². The highest BCUT2D eigenvalue weighted by Gasteiger charge is 2.17. The Morgan fingerprint density at radius 2 is 0.706 bits per heavy atom. The number of rotatable bonds is 36. The van der Waals surface area contributed by atoms with Crippen LogP contribution in [0.1, 0.15) is 10.4 Å². The number of hydrogen-bond acceptors (Lipinski definition) is 15. The van der Waals surface area contributed by atoms with Crippen LogP contribution in [0.5, 0.6) is 5.75 Å². The molecule has 0 atom stereocenters. The number of carbonyl (C=O) groups is 2. The summed E-state index contributed by atoms with van der Waals surface area (Å²) in [4.78, 5) is 23.6. The molecular weight excluding hydrogens is 670 g/mol. The molecule has 15 heteroatoms. The van der Waals surface area contributed by atoms with Crippen LogP contribution >= 0.6 is 0 Å². The predicted octanol–water partition coefficient (Wildman–Crippen LogP) is 2.24. The number of hydrogen-bond donors (Lipinski definition) is 1. The van der Waals surface area contributed by atoms with Crippen molar-refractivity contribution in [1.82, 2.24) is 0 Å². The summed E-state index contributed by atoms with van der Waals surface area (Å²) in [7, 11) is 0. The van der Waals surface area contributed by atoms with E-state index >= 15 is 0 Å². The second-order valence-electron chi connectivity index (χ2n) is 10.3. The van der Waals surface area contributed by atoms with Gasteiger partial charge >= 0.3 is 5.97 Å². The average molecular weight is 726 g/mol. The number of esters is 1. The summed E-state index contributed by atoms with van der Waals surface area (Å²) in [5, 5.41) is 0. The fourth-order valence-electron chi connectivity index (χ4n) is 3.87. The fourth-order valence-corrected chi connectivity index (χ4v) is 3.87. The minimum absolute atomic E-state index is 0.00533. The van der Waals surface area contributed by atoms with Crippen molar-refractivity contribution in [2.75, 3.05) is 151 Å². The van der Waals surface area contributed by atoms with Crippen LogP contribution < -0.4 is 10.5 Å². The first-order valence-electron chi connectivity index (χ1n) is 17.2. The molecular formula is C36H55NO14. The van der Waals surface area contributed by atoms with Crippen molar-refractivity contribution >= 4 is 17.4 Å². The van der Waals surface area contributed by atoms with Crippen molar-refractivity contribution in [2.45, 2.75) is 0 Å². The molecule has 0 spiro atoms. The fraction of sp³-hybridized carbons (Fsp3) is 0.611. The summed E-state index contributed by atoms with van der Waals surface area (Å²) in [6, 6.07) is 15.6. The van der Waals surface area contributed by atoms with Gasteiger partial charge in [-0.15, -0.1) is 0 Å². The Morgan fingerprint density at radius 1 is 0.392 bits per heavy atom. The van der Waals surface area contributed by atoms with Crippen molar-refractivity contribution in [3.8, 4) is 5.75 Å². The lowest BCUT2D eigenvalue weighted by molar-refractivity contribution is -0.139. The number of ketones is 1. The molecule has 2 rings (SSSR count). The third kappa shape index (κ3) is 25.4. The van der Waals surface area contributed by atoms with E-state index in [9.17, 15) is 9.59 Å². The van der Waals surface area contributed by atoms with Crippen LogP contribution in [0.3, 0.4) is 0 Å². The highest BCUT2D eigenvalue weighted by atomic mass is 16.6. The minimum Gasteiger partial charge on any atom is -0.489 e. The molecule has 0 aliphatic carbocycles. The van der Waals surface area contributed by atoms with Crippen LogP contribution in [0.15, 0.2) is 54.6 Å². The Morgan fingerprint density at radius 3 is 1.08 bits per heavy atom. The second kappa shape index (κ2) is 32.7. The maximum absolute atomic E-state index is 11.9. The zero-order valence-corrected chi connectivity index (χ0v) is 29.5. The van der Waals surface area contributed by atoms with Gasteiger partial charge in [-0.3, -0.25) is 4.79 Å². The van der Waals surface area contributed by atoms with Crippen LogP contribution in [0.25, 0.3) is 0 Å². The summed E-state index contributed by atoms with van der Waals surface area (Å²) >= 11 is 0. The SMILES string of the molecule is Nc1ccccc1OCCOCCOCCOCCOCCOCCOCCOCCOCCOCCOCCOC(=O)C(=O)c1ccccc1. The van der Waals surface area contributed by atoms with Gasteiger partial charge in [-0.05, 0) is 12.1 Å². The molecule has 0 radical (unpaired) electrons. The number of nitrogen functional groups attached to an aromatic ring is 1. The summed E-state index contributed by atoms with van der Waals surface area (Å²) in [6.07, 6.45) is 0. The van der Waals surface area contributed by atoms with E-state index < -0.39 is 11.8 Å². The first kappa shape index (κ1) is 43.9. The number of anilines is 1. The number of nitrogens with two attached hydrogens (primary N) is 1. The van der Waals surface area contributed by atoms with Gasteiger partial charge in [-0.2, -0.15) is 0 Å². The molecule has 0 aliphatic heterocycles. The van der Waals surface area contributed by atoms with E-state index in [-0.39, 0.29) is 13.2 Å². The van der Waals surface area contributed by atoms with E-state index in [1.165, 1.54) is 0 Å². The maximum Gasteiger partial charge on any atom is 0.379 e. The van der Waals surface area contributed by atoms with Crippen molar-refractivity contribution in [3.05, 3.63) is 60.2 Å². The molecule has 0 saturated carbocycles. The van der Waals surface area contributed by atoms with E-state index in [2.05, 4.69) is 0 Å². The number of para-hydroxylation sites is 2. The summed E-state index contributed by atoms with van der Waals surface area (Å²) in [6.45, 7) is 9.32. The first-order chi connectivity index (χ1) is 25.2. The Balaban J connectivity index is 1.16. The van der Waals surface area contributed by atoms with E-state index in [1.54, 1.807) is 36.4 Å². The van der Waals surface area contributed by atoms with E-state index in [4.69, 9.17) is 62.6 Å². The Kier molecular flexibility index (Phi) is 28.2. The molecule has 0 amide bonds. The molecule has 0 aliphatic rings. The third-order valence-corrected chi connectivity index (χ3v) is 6.43. The van der Waals surface area contributed by atoms with Crippen LogP contribution in [-0.2, 0) is 56.9 Å². The lowest BCUT2D eigenvalue weighted by Gasteiger charge is -2.10. The van der Waals surface area contributed by atoms with Gasteiger partial charge in [0.25, 0.3) is 5.78 Å². The number of carbonyl (C=O) groups excluding carboxylic acids is 2. The molecule has 2 N–H and O–H groups in total. The van der Waals surface area contributed by atoms with Gasteiger partial charge in [-0.1, -0.05) is 42.5 Å². The smallest absolute Gasteiger partial charge is 0.379 e. The zero-order valence-electron chi connectivity index (χ0n) is 29.5. The predicted molar refractivity (Wildman–Crippen MR) is 186 cm³/mol. The molecule has 2 aromatic carbocycles. The second-order valence-corrected chi connectivity index (χ2v) is 10.3. The maximum atomic E-state index is 11.9. The van der Waals surface area contributed by atoms with Gasteiger partial charge in [0.05, 0.1) is 138 Å². The standard InChI is InChI=1S/C36H55NO14/c37-33-8-4-5-9-34(33)50-30-28-48-26-24-46-22-20-44-18-16-42-14-12-40-10-11-41-13-15-43-17-19-45-21-23-47-25-27-49-29-31-51-36(39)35(38)32-6-2-1-3-7-32/h1-9H,10-31,37H2. The summed E-state index contributed by atoms with van der Waals surface area (Å²) in [5.74, 6) is -0.916. The van der Waals surface area contributed by atoms with Gasteiger partial charge in [-0.25, -0.2) is 4.79 Å². The molecule has 0 unspecified atom stereocenters. The highest BCUT2D eigenvalue weighted by Crippen LogP contribution is 2.19. The van der Waals surface area contributed by atoms with Gasteiger partial charge in [0.1, 0.15) is 19.0 Å². The molecule has 0 bridgehead atoms. The van der Waals surface area contributed by atoms with E-state index in [1.807, 2.05) is 18.2 Å². The van der Waals surface area contributed by atoms with Gasteiger partial charge in [0.2, 0.25) is 0 Å². The normalized spacial score (nSPS) is 11.1. The van der Waals surface area contributed by atoms with Crippen LogP contribution in [-0.4, -0.2) is 157 Å². The number of Topliss-reactive ketones (excluding diaryl/α,β-unsaturated/α-hetero) is 1. The Labute approximate surface area is 300 Å². The zero-order chi connectivity index (χ0) is 36.3. The third-order valence-electron chi connectivity index (χ3n) is 6.43. The molecule has 0 heterocycles. The molecule has 0 aromatic heterocycles. The molecule has 2 aromatic rings. The lowest BCUT2D eigenvalue weighted by Crippen LogP contribution is -2.20. The van der Waals surface area contributed by atoms with Crippen LogP contribution in [0.2, 0.25) is 0 Å². The Bertz CT molecular complexity index is 1110. The van der Waals surface area contributed by atoms with E-state index in [0.717, 1.165) is 0 Å². The summed E-state index contributed by atoms with van der Waals surface area (Å²) in [5.41, 5.74) is 6.72. The lowest BCUT2D eigenvalue weighted by atomic mass is 10.1. The van der Waals surface area contributed by atoms with Crippen molar-refractivity contribution < 1.29 is 66.4 Å². The molecule has 0 fully saturated rings. The topological polar surface area (TPSA) is 171 Å². The molecule has 0 saturated heterocycles. The molecule has 51 heavy (non-hydrogen) atoms. The van der Waals surface area contributed by atoms with Crippen LogP contribution in [0, 0.1) is 0 Å². The van der Waals surface area contributed by atoms with Crippen molar-refractivity contribution in [1.29, 1.82) is 0 Å². The molecule has 15 nitrogen and oxygen atoms in total. The minimum atomic E-state index is -0.899. The van der Waals surface area contributed by atoms with E-state index in [0.29, 0.717) is 149 Å². The molecule has 288 valence electrons. The van der Waals surface area contributed by atoms with Gasteiger partial charge in [0, 0.05) is 5.56 Å². The first-order valence-corrected chi connectivity index (χ1v) is 17.2. The quantitative estimate of drug-likeness (QED) is 0.0356. The average Bonchev–Trinajstić information content (AvgIpc) is 3.15. The van der Waals surface area contributed by atoms with Gasteiger partial charge in [0.15, 0.2) is 0 Å². The number of benzene rings is 2. The van der Waals surface area contributed by atoms with Crippen LogP contribution in [0.4, 0.5) is 5.69 Å². The largest absolute Gasteiger partial charge is 0.489 e. The Hall–Kier alpha value is -3.22. The summed E-state index contributed by atoms with van der Waals surface area (Å²) < 4.78 is 65.0. The highest BCUT2D eigenvalue weighted by molar-refractivity contribution is 6.40. The number of ether oxygens (including phenoxy) is 12. The monoisotopic (exact) mass is 725 g/mol. The van der Waals surface area contributed by atoms with Gasteiger partial charge < -0.3 is 62.6 Å². The van der Waals surface area contributed by atoms with Crippen molar-refractivity contribution in [2.24, 2.45) is 0 Å².